The van der Waals surface area contributed by atoms with Crippen molar-refractivity contribution in [2.45, 2.75) is 12.8 Å². The highest BCUT2D eigenvalue weighted by atomic mass is 19.1. The van der Waals surface area contributed by atoms with Gasteiger partial charge in [-0.25, -0.2) is 4.39 Å². The summed E-state index contributed by atoms with van der Waals surface area (Å²) in [6.07, 6.45) is 1.60. The minimum atomic E-state index is -0.528. The molecule has 1 aliphatic heterocycles. The van der Waals surface area contributed by atoms with E-state index in [0.29, 0.717) is 31.0 Å². The molecule has 19 heavy (non-hydrogen) atoms. The Hall–Kier alpha value is -1.62. The molecule has 0 spiro atoms. The lowest BCUT2D eigenvalue weighted by molar-refractivity contribution is 0.0784. The first-order chi connectivity index (χ1) is 9.15. The molecule has 2 rings (SSSR count). The van der Waals surface area contributed by atoms with E-state index in [1.807, 2.05) is 0 Å². The molecule has 0 radical (unpaired) electrons. The number of hydrogen-bond donors (Lipinski definition) is 1. The molecule has 1 aromatic carbocycles. The van der Waals surface area contributed by atoms with E-state index in [2.05, 4.69) is 0 Å². The van der Waals surface area contributed by atoms with Crippen LogP contribution in [0.3, 0.4) is 0 Å². The molecule has 1 aromatic rings. The van der Waals surface area contributed by atoms with Crippen molar-refractivity contribution < 1.29 is 19.0 Å². The number of aliphatic hydroxyl groups is 1. The maximum absolute atomic E-state index is 13.6. The third-order valence-corrected chi connectivity index (χ3v) is 3.51. The summed E-state index contributed by atoms with van der Waals surface area (Å²) in [7, 11) is 1.39. The van der Waals surface area contributed by atoms with Gasteiger partial charge in [0.05, 0.1) is 7.11 Å². The summed E-state index contributed by atoms with van der Waals surface area (Å²) < 4.78 is 18.4. The molecule has 5 heteroatoms. The molecule has 1 N–H and O–H groups in total. The second-order valence-electron chi connectivity index (χ2n) is 4.77. The number of carbonyl (C=O) groups excluding carboxylic acids is 1. The molecular weight excluding hydrogens is 249 g/mol. The fraction of sp³-hybridized carbons (Fsp3) is 0.500. The third kappa shape index (κ3) is 3.04. The standard InChI is InChI=1S/C14H18FNO3/c1-19-13-3-2-11(8-12(13)15)14(18)16-6-4-10(9-16)5-7-17/h2-3,8,10,17H,4-7,9H2,1H3. The first-order valence-corrected chi connectivity index (χ1v) is 6.39. The van der Waals surface area contributed by atoms with E-state index >= 15 is 0 Å². The molecule has 1 unspecified atom stereocenters. The number of amides is 1. The maximum atomic E-state index is 13.6. The van der Waals surface area contributed by atoms with Gasteiger partial charge >= 0.3 is 0 Å². The molecule has 0 bridgehead atoms. The van der Waals surface area contributed by atoms with E-state index in [0.717, 1.165) is 6.42 Å². The summed E-state index contributed by atoms with van der Waals surface area (Å²) in [6.45, 7) is 1.44. The van der Waals surface area contributed by atoms with Gasteiger partial charge in [0.25, 0.3) is 5.91 Å². The topological polar surface area (TPSA) is 49.8 Å². The van der Waals surface area contributed by atoms with Crippen molar-refractivity contribution in [1.29, 1.82) is 0 Å². The monoisotopic (exact) mass is 267 g/mol. The molecule has 0 aliphatic carbocycles. The number of nitrogens with zero attached hydrogens (tertiary/aromatic N) is 1. The molecule has 1 fully saturated rings. The van der Waals surface area contributed by atoms with E-state index in [1.165, 1.54) is 19.2 Å². The number of methoxy groups -OCH3 is 1. The Balaban J connectivity index is 2.06. The van der Waals surface area contributed by atoms with Crippen molar-refractivity contribution >= 4 is 5.91 Å². The molecule has 1 aliphatic rings. The van der Waals surface area contributed by atoms with Crippen molar-refractivity contribution in [3.05, 3.63) is 29.6 Å². The largest absolute Gasteiger partial charge is 0.494 e. The fourth-order valence-corrected chi connectivity index (χ4v) is 2.42. The number of halogens is 1. The number of ether oxygens (including phenoxy) is 1. The summed E-state index contributed by atoms with van der Waals surface area (Å²) in [5.41, 5.74) is 0.336. The number of aliphatic hydroxyl groups excluding tert-OH is 1. The van der Waals surface area contributed by atoms with Gasteiger partial charge in [-0.05, 0) is 37.0 Å². The van der Waals surface area contributed by atoms with Crippen LogP contribution in [0.5, 0.6) is 5.75 Å². The zero-order valence-electron chi connectivity index (χ0n) is 10.9. The van der Waals surface area contributed by atoms with E-state index in [-0.39, 0.29) is 18.3 Å². The van der Waals surface area contributed by atoms with E-state index < -0.39 is 5.82 Å². The number of benzene rings is 1. The van der Waals surface area contributed by atoms with Crippen molar-refractivity contribution in [3.63, 3.8) is 0 Å². The molecule has 0 aromatic heterocycles. The highest BCUT2D eigenvalue weighted by molar-refractivity contribution is 5.94. The smallest absolute Gasteiger partial charge is 0.253 e. The van der Waals surface area contributed by atoms with Crippen molar-refractivity contribution in [2.24, 2.45) is 5.92 Å². The zero-order valence-corrected chi connectivity index (χ0v) is 10.9. The summed E-state index contributed by atoms with van der Waals surface area (Å²) in [5, 5.41) is 8.90. The van der Waals surface area contributed by atoms with E-state index in [9.17, 15) is 9.18 Å². The van der Waals surface area contributed by atoms with Crippen LogP contribution >= 0.6 is 0 Å². The van der Waals surface area contributed by atoms with Gasteiger partial charge in [0.15, 0.2) is 11.6 Å². The van der Waals surface area contributed by atoms with Gasteiger partial charge in [0.2, 0.25) is 0 Å². The zero-order chi connectivity index (χ0) is 13.8. The van der Waals surface area contributed by atoms with Gasteiger partial charge in [-0.1, -0.05) is 0 Å². The highest BCUT2D eigenvalue weighted by Crippen LogP contribution is 2.23. The Kier molecular flexibility index (Phi) is 4.37. The van der Waals surface area contributed by atoms with Crippen LogP contribution in [0.25, 0.3) is 0 Å². The summed E-state index contributed by atoms with van der Waals surface area (Å²) in [4.78, 5) is 13.9. The van der Waals surface area contributed by atoms with Crippen molar-refractivity contribution in [2.75, 3.05) is 26.8 Å². The second-order valence-corrected chi connectivity index (χ2v) is 4.77. The Morgan fingerprint density at radius 3 is 3.00 bits per heavy atom. The Labute approximate surface area is 111 Å². The second kappa shape index (κ2) is 6.02. The molecular formula is C14H18FNO3. The molecule has 1 saturated heterocycles. The molecule has 1 heterocycles. The average Bonchev–Trinajstić information content (AvgIpc) is 2.87. The summed E-state index contributed by atoms with van der Waals surface area (Å²) in [6, 6.07) is 4.24. The average molecular weight is 267 g/mol. The lowest BCUT2D eigenvalue weighted by atomic mass is 10.1. The first kappa shape index (κ1) is 13.8. The minimum Gasteiger partial charge on any atom is -0.494 e. The first-order valence-electron chi connectivity index (χ1n) is 6.39. The summed E-state index contributed by atoms with van der Waals surface area (Å²) >= 11 is 0. The number of likely N-dealkylation sites (tertiary alicyclic amines) is 1. The van der Waals surface area contributed by atoms with Crippen LogP contribution in [-0.4, -0.2) is 42.7 Å². The normalized spacial score (nSPS) is 18.7. The minimum absolute atomic E-state index is 0.135. The molecule has 1 atom stereocenters. The van der Waals surface area contributed by atoms with Crippen molar-refractivity contribution in [3.8, 4) is 5.75 Å². The predicted octanol–water partition coefficient (Wildman–Crippen LogP) is 1.68. The molecule has 0 saturated carbocycles. The SMILES string of the molecule is COc1ccc(C(=O)N2CCC(CCO)C2)cc1F. The highest BCUT2D eigenvalue weighted by Gasteiger charge is 2.26. The fourth-order valence-electron chi connectivity index (χ4n) is 2.42. The third-order valence-electron chi connectivity index (χ3n) is 3.51. The van der Waals surface area contributed by atoms with E-state index in [1.54, 1.807) is 11.0 Å². The van der Waals surface area contributed by atoms with E-state index in [4.69, 9.17) is 9.84 Å². The molecule has 1 amide bonds. The van der Waals surface area contributed by atoms with Crippen LogP contribution in [0.4, 0.5) is 4.39 Å². The van der Waals surface area contributed by atoms with Crippen LogP contribution in [-0.2, 0) is 0 Å². The van der Waals surface area contributed by atoms with Crippen LogP contribution < -0.4 is 4.74 Å². The predicted molar refractivity (Wildman–Crippen MR) is 68.7 cm³/mol. The van der Waals surface area contributed by atoms with Gasteiger partial charge in [0.1, 0.15) is 0 Å². The van der Waals surface area contributed by atoms with Gasteiger partial charge in [0, 0.05) is 25.3 Å². The van der Waals surface area contributed by atoms with Gasteiger partial charge in [-0.2, -0.15) is 0 Å². The Morgan fingerprint density at radius 2 is 2.37 bits per heavy atom. The van der Waals surface area contributed by atoms with Crippen LogP contribution in [0.1, 0.15) is 23.2 Å². The van der Waals surface area contributed by atoms with Crippen LogP contribution in [0.15, 0.2) is 18.2 Å². The lowest BCUT2D eigenvalue weighted by Gasteiger charge is -2.16. The number of rotatable bonds is 4. The van der Waals surface area contributed by atoms with Crippen LogP contribution in [0.2, 0.25) is 0 Å². The quantitative estimate of drug-likeness (QED) is 0.903. The molecule has 104 valence electrons. The Morgan fingerprint density at radius 1 is 1.58 bits per heavy atom. The van der Waals surface area contributed by atoms with Crippen molar-refractivity contribution in [1.82, 2.24) is 4.90 Å². The number of carbonyl (C=O) groups is 1. The van der Waals surface area contributed by atoms with Crippen LogP contribution in [0, 0.1) is 11.7 Å². The number of hydrogen-bond acceptors (Lipinski definition) is 3. The van der Waals surface area contributed by atoms with Gasteiger partial charge in [-0.3, -0.25) is 4.79 Å². The Bertz CT molecular complexity index is 464. The lowest BCUT2D eigenvalue weighted by Crippen LogP contribution is -2.28. The summed E-state index contributed by atoms with van der Waals surface area (Å²) in [5.74, 6) is -0.213. The molecule has 4 nitrogen and oxygen atoms in total. The van der Waals surface area contributed by atoms with Gasteiger partial charge in [-0.15, -0.1) is 0 Å². The van der Waals surface area contributed by atoms with Gasteiger partial charge < -0.3 is 14.7 Å². The maximum Gasteiger partial charge on any atom is 0.253 e.